The molecule has 2 heterocycles. The molecule has 2 aromatic rings. The highest BCUT2D eigenvalue weighted by atomic mass is 16.5. The predicted octanol–water partition coefficient (Wildman–Crippen LogP) is 0.788. The van der Waals surface area contributed by atoms with Gasteiger partial charge in [-0.05, 0) is 12.1 Å². The Morgan fingerprint density at radius 3 is 3.19 bits per heavy atom. The summed E-state index contributed by atoms with van der Waals surface area (Å²) in [6.45, 7) is 1.31. The van der Waals surface area contributed by atoms with Crippen molar-refractivity contribution in [3.8, 4) is 5.75 Å². The van der Waals surface area contributed by atoms with Crippen LogP contribution in [-0.2, 0) is 6.54 Å². The first-order valence-corrected chi connectivity index (χ1v) is 5.11. The van der Waals surface area contributed by atoms with Crippen LogP contribution in [0.1, 0.15) is 10.4 Å². The van der Waals surface area contributed by atoms with Crippen LogP contribution < -0.4 is 10.1 Å². The largest absolute Gasteiger partial charge is 0.497 e. The molecule has 1 N–H and O–H groups in total. The van der Waals surface area contributed by atoms with Crippen molar-refractivity contribution in [2.45, 2.75) is 6.54 Å². The van der Waals surface area contributed by atoms with Crippen molar-refractivity contribution < 1.29 is 9.53 Å². The van der Waals surface area contributed by atoms with Crippen LogP contribution in [-0.4, -0.2) is 29.3 Å². The van der Waals surface area contributed by atoms with E-state index >= 15 is 0 Å². The van der Waals surface area contributed by atoms with Gasteiger partial charge in [-0.2, -0.15) is 5.10 Å². The molecular formula is C11H11N3O2. The van der Waals surface area contributed by atoms with Crippen molar-refractivity contribution in [2.75, 3.05) is 13.7 Å². The molecular weight excluding hydrogens is 206 g/mol. The lowest BCUT2D eigenvalue weighted by molar-refractivity contribution is 0.0956. The van der Waals surface area contributed by atoms with Crippen LogP contribution in [0.2, 0.25) is 0 Å². The summed E-state index contributed by atoms with van der Waals surface area (Å²) in [4.78, 5) is 11.9. The van der Waals surface area contributed by atoms with Gasteiger partial charge in [0.1, 0.15) is 5.75 Å². The highest BCUT2D eigenvalue weighted by molar-refractivity contribution is 6.06. The van der Waals surface area contributed by atoms with E-state index in [0.717, 1.165) is 10.9 Å². The van der Waals surface area contributed by atoms with E-state index in [-0.39, 0.29) is 5.91 Å². The molecule has 82 valence electrons. The predicted molar refractivity (Wildman–Crippen MR) is 58.6 cm³/mol. The molecule has 5 heteroatoms. The van der Waals surface area contributed by atoms with E-state index in [1.165, 1.54) is 0 Å². The second-order valence-corrected chi connectivity index (χ2v) is 3.74. The second-order valence-electron chi connectivity index (χ2n) is 3.74. The van der Waals surface area contributed by atoms with Crippen LogP contribution in [0.3, 0.4) is 0 Å². The number of rotatable bonds is 1. The summed E-state index contributed by atoms with van der Waals surface area (Å²) in [6.07, 6.45) is 1.76. The summed E-state index contributed by atoms with van der Waals surface area (Å²) >= 11 is 0. The molecule has 0 saturated heterocycles. The molecule has 1 aromatic heterocycles. The van der Waals surface area contributed by atoms with Gasteiger partial charge in [0, 0.05) is 11.9 Å². The van der Waals surface area contributed by atoms with Gasteiger partial charge in [-0.3, -0.25) is 9.48 Å². The Morgan fingerprint density at radius 2 is 2.38 bits per heavy atom. The number of ether oxygens (including phenoxy) is 1. The summed E-state index contributed by atoms with van der Waals surface area (Å²) in [7, 11) is 1.59. The number of nitrogens with zero attached hydrogens (tertiary/aromatic N) is 2. The third-order valence-corrected chi connectivity index (χ3v) is 2.80. The molecule has 1 aliphatic rings. The van der Waals surface area contributed by atoms with Crippen LogP contribution in [0.4, 0.5) is 0 Å². The minimum absolute atomic E-state index is 0.0665. The molecule has 0 radical (unpaired) electrons. The van der Waals surface area contributed by atoms with Crippen LogP contribution >= 0.6 is 0 Å². The fourth-order valence-corrected chi connectivity index (χ4v) is 2.04. The van der Waals surface area contributed by atoms with Gasteiger partial charge < -0.3 is 10.1 Å². The van der Waals surface area contributed by atoms with Gasteiger partial charge in [0.15, 0.2) is 0 Å². The molecule has 5 nitrogen and oxygen atoms in total. The summed E-state index contributed by atoms with van der Waals surface area (Å²) in [5.74, 6) is 0.613. The Kier molecular flexibility index (Phi) is 1.86. The quantitative estimate of drug-likeness (QED) is 0.768. The Morgan fingerprint density at radius 1 is 1.50 bits per heavy atom. The number of hydrogen-bond donors (Lipinski definition) is 1. The highest BCUT2D eigenvalue weighted by Crippen LogP contribution is 2.26. The van der Waals surface area contributed by atoms with Gasteiger partial charge in [0.05, 0.1) is 30.9 Å². The third-order valence-electron chi connectivity index (χ3n) is 2.80. The summed E-state index contributed by atoms with van der Waals surface area (Å²) in [5, 5.41) is 8.03. The monoisotopic (exact) mass is 217 g/mol. The average Bonchev–Trinajstić information content (AvgIpc) is 2.63. The molecule has 1 aliphatic heterocycles. The van der Waals surface area contributed by atoms with Gasteiger partial charge in [-0.1, -0.05) is 0 Å². The van der Waals surface area contributed by atoms with Gasteiger partial charge in [0.2, 0.25) is 0 Å². The minimum Gasteiger partial charge on any atom is -0.497 e. The van der Waals surface area contributed by atoms with Crippen LogP contribution in [0.15, 0.2) is 18.3 Å². The number of carbonyl (C=O) groups is 1. The summed E-state index contributed by atoms with van der Waals surface area (Å²) in [5.41, 5.74) is 1.51. The smallest absolute Gasteiger partial charge is 0.253 e. The van der Waals surface area contributed by atoms with E-state index in [9.17, 15) is 4.79 Å². The number of methoxy groups -OCH3 is 1. The van der Waals surface area contributed by atoms with Crippen molar-refractivity contribution in [3.63, 3.8) is 0 Å². The first-order valence-electron chi connectivity index (χ1n) is 5.11. The molecule has 0 aliphatic carbocycles. The van der Waals surface area contributed by atoms with Gasteiger partial charge in [0.25, 0.3) is 5.91 Å². The number of aromatic nitrogens is 2. The van der Waals surface area contributed by atoms with Crippen molar-refractivity contribution in [2.24, 2.45) is 0 Å². The van der Waals surface area contributed by atoms with Crippen molar-refractivity contribution >= 4 is 16.8 Å². The average molecular weight is 217 g/mol. The minimum atomic E-state index is -0.0665. The molecule has 0 saturated carbocycles. The van der Waals surface area contributed by atoms with Crippen LogP contribution in [0.25, 0.3) is 10.9 Å². The lowest BCUT2D eigenvalue weighted by Crippen LogP contribution is -2.24. The molecule has 16 heavy (non-hydrogen) atoms. The number of carbonyl (C=O) groups excluding carboxylic acids is 1. The van der Waals surface area contributed by atoms with E-state index in [0.29, 0.717) is 24.4 Å². The fraction of sp³-hybridized carbons (Fsp3) is 0.273. The normalized spacial score (nSPS) is 14.7. The van der Waals surface area contributed by atoms with Crippen LogP contribution in [0.5, 0.6) is 5.75 Å². The Balaban J connectivity index is 2.37. The number of nitrogens with one attached hydrogen (secondary N) is 1. The van der Waals surface area contributed by atoms with Crippen molar-refractivity contribution in [1.29, 1.82) is 0 Å². The first-order chi connectivity index (χ1) is 7.79. The zero-order chi connectivity index (χ0) is 11.1. The lowest BCUT2D eigenvalue weighted by Gasteiger charge is -2.04. The Labute approximate surface area is 92.0 Å². The number of amides is 1. The van der Waals surface area contributed by atoms with Crippen LogP contribution in [0, 0.1) is 0 Å². The standard InChI is InChI=1S/C11H11N3O2/c1-16-8-4-7-6-13-14-3-2-12-11(15)9(5-8)10(7)14/h4-6H,2-3H2,1H3,(H,12,15). The molecule has 3 rings (SSSR count). The van der Waals surface area contributed by atoms with E-state index < -0.39 is 0 Å². The Bertz CT molecular complexity index is 574. The van der Waals surface area contributed by atoms with Gasteiger partial charge in [-0.25, -0.2) is 0 Å². The molecule has 0 bridgehead atoms. The molecule has 0 atom stereocenters. The van der Waals surface area contributed by atoms with Gasteiger partial charge >= 0.3 is 0 Å². The molecule has 0 spiro atoms. The van der Waals surface area contributed by atoms with E-state index in [4.69, 9.17) is 4.74 Å². The maximum atomic E-state index is 11.9. The fourth-order valence-electron chi connectivity index (χ4n) is 2.04. The SMILES string of the molecule is COc1cc2c3c(cnn3CCNC2=O)c1. The molecule has 1 amide bonds. The lowest BCUT2D eigenvalue weighted by atomic mass is 10.1. The topological polar surface area (TPSA) is 56.1 Å². The van der Waals surface area contributed by atoms with Crippen molar-refractivity contribution in [3.05, 3.63) is 23.9 Å². The first kappa shape index (κ1) is 9.21. The number of benzene rings is 1. The van der Waals surface area contributed by atoms with Gasteiger partial charge in [-0.15, -0.1) is 0 Å². The molecule has 1 aromatic carbocycles. The highest BCUT2D eigenvalue weighted by Gasteiger charge is 2.19. The molecule has 0 unspecified atom stereocenters. The summed E-state index contributed by atoms with van der Waals surface area (Å²) in [6, 6.07) is 3.64. The second kappa shape index (κ2) is 3.23. The van der Waals surface area contributed by atoms with E-state index in [1.807, 2.05) is 10.7 Å². The number of hydrogen-bond acceptors (Lipinski definition) is 3. The third kappa shape index (κ3) is 1.18. The zero-order valence-electron chi connectivity index (χ0n) is 8.86. The maximum absolute atomic E-state index is 11.9. The summed E-state index contributed by atoms with van der Waals surface area (Å²) < 4.78 is 7.02. The Hall–Kier alpha value is -2.04. The van der Waals surface area contributed by atoms with Crippen molar-refractivity contribution in [1.82, 2.24) is 15.1 Å². The molecule has 0 fully saturated rings. The zero-order valence-corrected chi connectivity index (χ0v) is 8.86. The van der Waals surface area contributed by atoms with E-state index in [1.54, 1.807) is 19.4 Å². The van der Waals surface area contributed by atoms with E-state index in [2.05, 4.69) is 10.4 Å². The maximum Gasteiger partial charge on any atom is 0.253 e.